The standard InChI is InChI=1S/2C43H43N3O4S2.3C4H8O.2H2O4S/c2*1-30-12-22-38(23-13-30)51(47,48)45-40-26-18-34(42(3,4)5)28-32(40)16-20-36-10-9-11-37(44-36)21-17-33-29-35(43(6,7)8)19-27-41(33)46-52(49,50)39-24-14-31(2)15-25-39;3*1-2-4-5-3-1;2*1-5(2,3)4/h2*9-15,18-19,22-29,45-46H,1-8H3;3*1-4H2;2*(H2,1,2,3,4). The van der Waals surface area contributed by atoms with Crippen LogP contribution in [0.1, 0.15) is 211 Å². The molecule has 8 N–H and O–H groups in total. The monoisotopic (exact) mass is 1870 g/mol. The van der Waals surface area contributed by atoms with Gasteiger partial charge in [0, 0.05) is 110 Å². The largest absolute Gasteiger partial charge is 0.726 e. The van der Waals surface area contributed by atoms with Crippen molar-refractivity contribution in [3.05, 3.63) is 296 Å². The van der Waals surface area contributed by atoms with Gasteiger partial charge in [-0.2, -0.15) is 9.97 Å². The molecule has 13 rings (SSSR count). The molecule has 0 spiro atoms. The first kappa shape index (κ1) is 105. The van der Waals surface area contributed by atoms with Gasteiger partial charge in [0.25, 0.3) is 62.9 Å². The molecule has 10 aromatic rings. The molecule has 31 heteroatoms. The smallest absolute Gasteiger partial charge is 0.261 e. The normalized spacial score (nSPS) is 13.2. The van der Waals surface area contributed by atoms with E-state index in [1.165, 1.54) is 38.5 Å². The molecule has 0 bridgehead atoms. The molecule has 3 aliphatic rings. The van der Waals surface area contributed by atoms with Crippen molar-refractivity contribution in [3.63, 3.8) is 0 Å². The molecule has 8 aromatic carbocycles. The number of ether oxygens (including phenoxy) is 3. The fraction of sp³-hybridized carbons (Fsp3) is 0.327. The molecule has 129 heavy (non-hydrogen) atoms. The lowest BCUT2D eigenvalue weighted by Gasteiger charge is -2.20. The summed E-state index contributed by atoms with van der Waals surface area (Å²) in [6.07, 6.45) is 7.67. The molecule has 686 valence electrons. The molecule has 3 aliphatic heterocycles. The van der Waals surface area contributed by atoms with Crippen LogP contribution in [-0.2, 0) is 96.8 Å². The number of benzene rings is 8. The van der Waals surface area contributed by atoms with Crippen molar-refractivity contribution in [2.24, 2.45) is 0 Å². The summed E-state index contributed by atoms with van der Waals surface area (Å²) in [7, 11) is -25.3. The predicted octanol–water partition coefficient (Wildman–Crippen LogP) is 16.6. The van der Waals surface area contributed by atoms with Gasteiger partial charge in [-0.25, -0.2) is 50.5 Å². The minimum Gasteiger partial charge on any atom is -0.726 e. The second-order valence-corrected chi connectivity index (χ2v) is 42.9. The second kappa shape index (κ2) is 46.4. The number of aromatic nitrogens is 2. The lowest BCUT2D eigenvalue weighted by atomic mass is 9.86. The maximum absolute atomic E-state index is 13.3. The van der Waals surface area contributed by atoms with E-state index in [0.29, 0.717) is 67.8 Å². The molecule has 3 fully saturated rings. The third-order valence-electron chi connectivity index (χ3n) is 19.2. The predicted molar refractivity (Wildman–Crippen MR) is 503 cm³/mol. The van der Waals surface area contributed by atoms with E-state index in [1.807, 2.05) is 113 Å². The molecule has 0 amide bonds. The Balaban J connectivity index is 0.000000277. The Morgan fingerprint density at radius 2 is 0.450 bits per heavy atom. The average Bonchev–Trinajstić information content (AvgIpc) is 1.16. The number of aromatic amines is 2. The molecule has 0 radical (unpaired) electrons. The minimum atomic E-state index is -4.92. The van der Waals surface area contributed by atoms with Crippen LogP contribution in [-0.4, -0.2) is 108 Å². The Morgan fingerprint density at radius 3 is 0.597 bits per heavy atom. The molecule has 0 saturated carbocycles. The van der Waals surface area contributed by atoms with E-state index in [-0.39, 0.29) is 41.2 Å². The van der Waals surface area contributed by atoms with Gasteiger partial charge in [0.2, 0.25) is 20.8 Å². The molecule has 0 aliphatic carbocycles. The minimum absolute atomic E-state index is 0.163. The van der Waals surface area contributed by atoms with Crippen LogP contribution in [0.15, 0.2) is 226 Å². The number of rotatable bonds is 12. The first-order valence-corrected chi connectivity index (χ1v) is 50.0. The highest BCUT2D eigenvalue weighted by atomic mass is 32.3. The number of nitrogens with one attached hydrogen (secondary N) is 6. The second-order valence-electron chi connectivity index (χ2n) is 34.5. The van der Waals surface area contributed by atoms with Gasteiger partial charge >= 0.3 is 0 Å². The van der Waals surface area contributed by atoms with E-state index in [0.717, 1.165) is 84.1 Å². The quantitative estimate of drug-likeness (QED) is 0.0376. The Kier molecular flexibility index (Phi) is 37.8. The maximum Gasteiger partial charge on any atom is 0.261 e. The van der Waals surface area contributed by atoms with Crippen molar-refractivity contribution in [1.82, 2.24) is 0 Å². The van der Waals surface area contributed by atoms with E-state index in [4.69, 9.17) is 49.3 Å². The van der Waals surface area contributed by atoms with Gasteiger partial charge < -0.3 is 23.3 Å². The number of sulfonamides is 4. The van der Waals surface area contributed by atoms with Crippen molar-refractivity contribution >= 4 is 83.6 Å². The Bertz CT molecular complexity index is 5740. The first-order chi connectivity index (χ1) is 60.1. The highest BCUT2D eigenvalue weighted by Crippen LogP contribution is 2.34. The number of hydrogen-bond acceptors (Lipinski definition) is 17. The summed E-state index contributed by atoms with van der Waals surface area (Å²) in [6.45, 7) is 38.6. The summed E-state index contributed by atoms with van der Waals surface area (Å²) in [5, 5.41) is 0. The van der Waals surface area contributed by atoms with E-state index < -0.39 is 60.9 Å². The number of pyridine rings is 2. The van der Waals surface area contributed by atoms with Crippen LogP contribution in [0.5, 0.6) is 0 Å². The van der Waals surface area contributed by atoms with Crippen molar-refractivity contribution in [2.75, 3.05) is 58.5 Å². The van der Waals surface area contributed by atoms with Crippen molar-refractivity contribution in [3.8, 4) is 47.4 Å². The number of anilines is 4. The van der Waals surface area contributed by atoms with Gasteiger partial charge in [-0.3, -0.25) is 28.0 Å². The fourth-order valence-electron chi connectivity index (χ4n) is 11.8. The molecular formula is C98H114N6O19S6. The third-order valence-corrected chi connectivity index (χ3v) is 24.8. The van der Waals surface area contributed by atoms with E-state index in [2.05, 4.69) is 159 Å². The highest BCUT2D eigenvalue weighted by molar-refractivity contribution is 7.93. The molecule has 0 atom stereocenters. The van der Waals surface area contributed by atoms with Gasteiger partial charge in [-0.05, 0) is 219 Å². The van der Waals surface area contributed by atoms with E-state index >= 15 is 0 Å². The molecule has 25 nitrogen and oxygen atoms in total. The molecule has 0 unspecified atom stereocenters. The summed E-state index contributed by atoms with van der Waals surface area (Å²) in [4.78, 5) is 7.15. The first-order valence-electron chi connectivity index (χ1n) is 41.3. The van der Waals surface area contributed by atoms with Gasteiger partial charge in [0.15, 0.2) is 0 Å². The van der Waals surface area contributed by atoms with Crippen LogP contribution in [0.2, 0.25) is 0 Å². The van der Waals surface area contributed by atoms with Crippen LogP contribution < -0.4 is 28.9 Å². The van der Waals surface area contributed by atoms with Gasteiger partial charge in [-0.1, -0.05) is 202 Å². The third kappa shape index (κ3) is 37.1. The summed E-state index contributed by atoms with van der Waals surface area (Å²) in [6, 6.07) is 59.8. The fourth-order valence-corrected chi connectivity index (χ4v) is 16.1. The van der Waals surface area contributed by atoms with Crippen LogP contribution in [0.4, 0.5) is 22.7 Å². The summed E-state index contributed by atoms with van der Waals surface area (Å²) >= 11 is 0. The zero-order chi connectivity index (χ0) is 95.4. The zero-order valence-electron chi connectivity index (χ0n) is 75.4. The summed E-state index contributed by atoms with van der Waals surface area (Å²) in [5.74, 6) is 25.3. The molecular weight excluding hydrogens is 1760 g/mol. The maximum atomic E-state index is 13.3. The summed E-state index contributed by atoms with van der Waals surface area (Å²) in [5.41, 5.74) is 12.9. The highest BCUT2D eigenvalue weighted by Gasteiger charge is 2.25. The van der Waals surface area contributed by atoms with Crippen molar-refractivity contribution < 1.29 is 92.9 Å². The van der Waals surface area contributed by atoms with Crippen LogP contribution >= 0.6 is 0 Å². The van der Waals surface area contributed by atoms with Crippen LogP contribution in [0.25, 0.3) is 0 Å². The topological polar surface area (TPSA) is 396 Å². The van der Waals surface area contributed by atoms with Crippen molar-refractivity contribution in [1.29, 1.82) is 0 Å². The van der Waals surface area contributed by atoms with Crippen LogP contribution in [0.3, 0.4) is 0 Å². The average molecular weight is 1870 g/mol. The zero-order valence-corrected chi connectivity index (χ0v) is 80.3. The number of H-pyrrole nitrogens is 2. The van der Waals surface area contributed by atoms with Crippen molar-refractivity contribution in [2.45, 2.75) is 191 Å². The summed E-state index contributed by atoms with van der Waals surface area (Å²) < 4.78 is 198. The van der Waals surface area contributed by atoms with Gasteiger partial charge in [0.05, 0.1) is 42.3 Å². The van der Waals surface area contributed by atoms with E-state index in [1.54, 1.807) is 121 Å². The number of hydrogen-bond donors (Lipinski definition) is 6. The van der Waals surface area contributed by atoms with Gasteiger partial charge in [-0.15, -0.1) is 0 Å². The lowest BCUT2D eigenvalue weighted by molar-refractivity contribution is -0.386. The number of aryl methyl sites for hydroxylation is 4. The Morgan fingerprint density at radius 1 is 0.279 bits per heavy atom. The van der Waals surface area contributed by atoms with Gasteiger partial charge in [0.1, 0.15) is 0 Å². The van der Waals surface area contributed by atoms with Crippen LogP contribution in [0, 0.1) is 75.1 Å². The Labute approximate surface area is 763 Å². The molecule has 2 aromatic heterocycles. The Hall–Kier alpha value is -11.1. The van der Waals surface area contributed by atoms with E-state index in [9.17, 15) is 33.7 Å². The molecule has 3 saturated heterocycles. The molecule has 5 heterocycles. The lowest BCUT2D eigenvalue weighted by Crippen LogP contribution is -2.16. The SMILES string of the molecule is C1CCOC1.C1CCOC1.C1CCOC1.Cc1ccc(S(=O)(=O)Nc2ccc(C(C)(C)C)cc2C#Cc2cccc(C#Cc3cc(C(C)(C)C)ccc3NS(=O)(=O)c3ccc(C)cc3)[nH+]2)cc1.Cc1ccc(S(=O)(=O)Nc2ccc(C(C)(C)C)cc2C#Cc2cccc(C#Cc3cc(C(C)(C)C)ccc3NS(=O)(=O)c3ccc(C)cc3)[nH+]2)cc1.O=S(=O)([O-])O.O=S(=O)([O-])O.